The van der Waals surface area contributed by atoms with Gasteiger partial charge in [0.05, 0.1) is 6.04 Å². The normalized spacial score (nSPS) is 15.8. The highest BCUT2D eigenvalue weighted by Crippen LogP contribution is 2.27. The first-order valence-corrected chi connectivity index (χ1v) is 7.27. The van der Waals surface area contributed by atoms with E-state index in [9.17, 15) is 4.79 Å². The van der Waals surface area contributed by atoms with Crippen molar-refractivity contribution in [1.82, 2.24) is 0 Å². The Morgan fingerprint density at radius 2 is 2.29 bits per heavy atom. The Kier molecular flexibility index (Phi) is 4.07. The molecule has 1 aliphatic heterocycles. The summed E-state index contributed by atoms with van der Waals surface area (Å²) >= 11 is 1.72. The van der Waals surface area contributed by atoms with Gasteiger partial charge < -0.3 is 10.6 Å². The number of nitrogens with zero attached hydrogens (tertiary/aromatic N) is 1. The fraction of sp³-hybridized carbons (Fsp3) is 0.462. The Labute approximate surface area is 106 Å². The second-order valence-corrected chi connectivity index (χ2v) is 5.24. The zero-order valence-electron chi connectivity index (χ0n) is 10.1. The van der Waals surface area contributed by atoms with Crippen LogP contribution in [0.3, 0.4) is 0 Å². The number of carbonyl (C=O) groups excluding carboxylic acids is 1. The standard InChI is InChI=1S/C13H18N2OS/c1-17-9-7-11(14)13(16)15-8-6-10-4-2-3-5-12(10)15/h2-5,11H,6-9,14H2,1H3/t11-/m0/s1. The summed E-state index contributed by atoms with van der Waals surface area (Å²) in [5.41, 5.74) is 8.22. The molecule has 0 bridgehead atoms. The van der Waals surface area contributed by atoms with Crippen LogP contribution >= 0.6 is 11.8 Å². The van der Waals surface area contributed by atoms with Gasteiger partial charge in [-0.1, -0.05) is 18.2 Å². The van der Waals surface area contributed by atoms with E-state index in [4.69, 9.17) is 5.73 Å². The highest BCUT2D eigenvalue weighted by molar-refractivity contribution is 7.98. The van der Waals surface area contributed by atoms with Gasteiger partial charge in [-0.05, 0) is 36.5 Å². The number of thioether (sulfide) groups is 1. The maximum atomic E-state index is 12.2. The molecular formula is C13H18N2OS. The fourth-order valence-corrected chi connectivity index (χ4v) is 2.63. The average molecular weight is 250 g/mol. The maximum Gasteiger partial charge on any atom is 0.243 e. The fourth-order valence-electron chi connectivity index (χ4n) is 2.14. The first-order chi connectivity index (χ1) is 8.24. The lowest BCUT2D eigenvalue weighted by atomic mass is 10.1. The lowest BCUT2D eigenvalue weighted by Crippen LogP contribution is -2.43. The summed E-state index contributed by atoms with van der Waals surface area (Å²) in [6.45, 7) is 0.769. The molecule has 1 aromatic rings. The lowest BCUT2D eigenvalue weighted by Gasteiger charge is -2.21. The summed E-state index contributed by atoms with van der Waals surface area (Å²) in [5.74, 6) is 0.992. The first kappa shape index (κ1) is 12.5. The van der Waals surface area contributed by atoms with E-state index in [1.165, 1.54) is 5.56 Å². The van der Waals surface area contributed by atoms with Crippen molar-refractivity contribution in [3.8, 4) is 0 Å². The second-order valence-electron chi connectivity index (χ2n) is 4.26. The van der Waals surface area contributed by atoms with E-state index in [1.54, 1.807) is 11.8 Å². The molecule has 0 saturated carbocycles. The number of fused-ring (bicyclic) bond motifs is 1. The predicted molar refractivity (Wildman–Crippen MR) is 73.5 cm³/mol. The van der Waals surface area contributed by atoms with Gasteiger partial charge in [0.25, 0.3) is 0 Å². The predicted octanol–water partition coefficient (Wildman–Crippen LogP) is 1.66. The Hall–Kier alpha value is -1.00. The van der Waals surface area contributed by atoms with E-state index >= 15 is 0 Å². The molecule has 1 heterocycles. The Morgan fingerprint density at radius 1 is 1.53 bits per heavy atom. The summed E-state index contributed by atoms with van der Waals surface area (Å²) in [4.78, 5) is 14.0. The molecule has 0 aromatic heterocycles. The second kappa shape index (κ2) is 5.56. The van der Waals surface area contributed by atoms with Crippen LogP contribution in [-0.4, -0.2) is 30.5 Å². The molecule has 3 nitrogen and oxygen atoms in total. The third kappa shape index (κ3) is 2.64. The van der Waals surface area contributed by atoms with Crippen molar-refractivity contribution in [3.05, 3.63) is 29.8 Å². The largest absolute Gasteiger partial charge is 0.320 e. The molecule has 0 aliphatic carbocycles. The van der Waals surface area contributed by atoms with E-state index in [0.29, 0.717) is 0 Å². The van der Waals surface area contributed by atoms with Crippen LogP contribution in [0.4, 0.5) is 5.69 Å². The van der Waals surface area contributed by atoms with Crippen LogP contribution in [0.1, 0.15) is 12.0 Å². The van der Waals surface area contributed by atoms with Crippen LogP contribution in [-0.2, 0) is 11.2 Å². The number of anilines is 1. The minimum atomic E-state index is -0.367. The van der Waals surface area contributed by atoms with Gasteiger partial charge in [0.2, 0.25) is 5.91 Å². The SMILES string of the molecule is CSCC[C@H](N)C(=O)N1CCc2ccccc21. The summed E-state index contributed by atoms with van der Waals surface area (Å²) in [6.07, 6.45) is 3.72. The van der Waals surface area contributed by atoms with Gasteiger partial charge in [-0.3, -0.25) is 4.79 Å². The summed E-state index contributed by atoms with van der Waals surface area (Å²) in [6, 6.07) is 7.70. The molecule has 1 amide bonds. The minimum absolute atomic E-state index is 0.0593. The van der Waals surface area contributed by atoms with E-state index < -0.39 is 0 Å². The molecule has 0 unspecified atom stereocenters. The molecular weight excluding hydrogens is 232 g/mol. The molecule has 1 atom stereocenters. The number of para-hydroxylation sites is 1. The van der Waals surface area contributed by atoms with Crippen LogP contribution in [0, 0.1) is 0 Å². The number of hydrogen-bond donors (Lipinski definition) is 1. The molecule has 4 heteroatoms. The molecule has 0 fully saturated rings. The van der Waals surface area contributed by atoms with Gasteiger partial charge in [-0.15, -0.1) is 0 Å². The summed E-state index contributed by atoms with van der Waals surface area (Å²) in [7, 11) is 0. The molecule has 0 radical (unpaired) electrons. The van der Waals surface area contributed by atoms with E-state index in [-0.39, 0.29) is 11.9 Å². The summed E-state index contributed by atoms with van der Waals surface area (Å²) in [5, 5.41) is 0. The molecule has 0 saturated heterocycles. The zero-order chi connectivity index (χ0) is 12.3. The molecule has 2 N–H and O–H groups in total. The van der Waals surface area contributed by atoms with Gasteiger partial charge in [0.1, 0.15) is 0 Å². The molecule has 1 aromatic carbocycles. The van der Waals surface area contributed by atoms with Crippen molar-refractivity contribution < 1.29 is 4.79 Å². The van der Waals surface area contributed by atoms with E-state index in [1.807, 2.05) is 29.4 Å². The van der Waals surface area contributed by atoms with Crippen molar-refractivity contribution in [2.45, 2.75) is 18.9 Å². The van der Waals surface area contributed by atoms with Crippen LogP contribution in [0.15, 0.2) is 24.3 Å². The highest BCUT2D eigenvalue weighted by Gasteiger charge is 2.27. The van der Waals surface area contributed by atoms with Gasteiger partial charge in [0.15, 0.2) is 0 Å². The number of benzene rings is 1. The number of amides is 1. The Balaban J connectivity index is 2.07. The monoisotopic (exact) mass is 250 g/mol. The van der Waals surface area contributed by atoms with Crippen LogP contribution < -0.4 is 10.6 Å². The molecule has 2 rings (SSSR count). The molecule has 17 heavy (non-hydrogen) atoms. The summed E-state index contributed by atoms with van der Waals surface area (Å²) < 4.78 is 0. The van der Waals surface area contributed by atoms with Gasteiger partial charge in [-0.25, -0.2) is 0 Å². The lowest BCUT2D eigenvalue weighted by molar-refractivity contribution is -0.119. The third-order valence-corrected chi connectivity index (χ3v) is 3.75. The maximum absolute atomic E-state index is 12.2. The van der Waals surface area contributed by atoms with Gasteiger partial charge >= 0.3 is 0 Å². The quantitative estimate of drug-likeness (QED) is 0.884. The molecule has 92 valence electrons. The topological polar surface area (TPSA) is 46.3 Å². The van der Waals surface area contributed by atoms with Crippen molar-refractivity contribution in [1.29, 1.82) is 0 Å². The minimum Gasteiger partial charge on any atom is -0.320 e. The van der Waals surface area contributed by atoms with Crippen molar-refractivity contribution in [2.75, 3.05) is 23.5 Å². The van der Waals surface area contributed by atoms with E-state index in [2.05, 4.69) is 6.07 Å². The number of rotatable bonds is 4. The van der Waals surface area contributed by atoms with E-state index in [0.717, 1.165) is 30.8 Å². The van der Waals surface area contributed by atoms with Crippen LogP contribution in [0.2, 0.25) is 0 Å². The number of hydrogen-bond acceptors (Lipinski definition) is 3. The Morgan fingerprint density at radius 3 is 3.06 bits per heavy atom. The smallest absolute Gasteiger partial charge is 0.243 e. The Bertz CT molecular complexity index is 408. The van der Waals surface area contributed by atoms with Crippen LogP contribution in [0.25, 0.3) is 0 Å². The molecule has 1 aliphatic rings. The number of nitrogens with two attached hydrogens (primary N) is 1. The average Bonchev–Trinajstić information content (AvgIpc) is 2.78. The molecule has 0 spiro atoms. The zero-order valence-corrected chi connectivity index (χ0v) is 10.9. The highest BCUT2D eigenvalue weighted by atomic mass is 32.2. The van der Waals surface area contributed by atoms with Crippen molar-refractivity contribution in [2.24, 2.45) is 5.73 Å². The van der Waals surface area contributed by atoms with Gasteiger partial charge in [0, 0.05) is 12.2 Å². The van der Waals surface area contributed by atoms with Gasteiger partial charge in [-0.2, -0.15) is 11.8 Å². The first-order valence-electron chi connectivity index (χ1n) is 5.88. The van der Waals surface area contributed by atoms with Crippen LogP contribution in [0.5, 0.6) is 0 Å². The van der Waals surface area contributed by atoms with Crippen molar-refractivity contribution in [3.63, 3.8) is 0 Å². The number of carbonyl (C=O) groups is 1. The van der Waals surface area contributed by atoms with Crippen molar-refractivity contribution >= 4 is 23.4 Å². The third-order valence-electron chi connectivity index (χ3n) is 3.10.